The van der Waals surface area contributed by atoms with Crippen molar-refractivity contribution in [1.29, 1.82) is 0 Å². The van der Waals surface area contributed by atoms with E-state index >= 15 is 0 Å². The number of aryl methyl sites for hydroxylation is 1. The first-order valence-electron chi connectivity index (χ1n) is 6.78. The van der Waals surface area contributed by atoms with E-state index in [0.717, 1.165) is 38.1 Å². The van der Waals surface area contributed by atoms with Gasteiger partial charge in [-0.3, -0.25) is 9.69 Å². The summed E-state index contributed by atoms with van der Waals surface area (Å²) < 4.78 is 5.21. The van der Waals surface area contributed by atoms with Gasteiger partial charge in [-0.25, -0.2) is 0 Å². The van der Waals surface area contributed by atoms with Gasteiger partial charge < -0.3 is 10.5 Å². The molecule has 1 fully saturated rings. The highest BCUT2D eigenvalue weighted by Gasteiger charge is 2.26. The molecule has 0 saturated carbocycles. The predicted molar refractivity (Wildman–Crippen MR) is 75.0 cm³/mol. The number of hydrogen-bond acceptors (Lipinski definition) is 3. The van der Waals surface area contributed by atoms with Gasteiger partial charge in [-0.05, 0) is 49.6 Å². The number of benzene rings is 1. The third kappa shape index (κ3) is 3.26. The number of nitrogens with zero attached hydrogens (tertiary/aromatic N) is 1. The molecule has 104 valence electrons. The predicted octanol–water partition coefficient (Wildman–Crippen LogP) is 1.84. The number of hydrogen-bond donors (Lipinski definition) is 1. The van der Waals surface area contributed by atoms with Crippen LogP contribution in [0.25, 0.3) is 0 Å². The van der Waals surface area contributed by atoms with Gasteiger partial charge in [-0.2, -0.15) is 0 Å². The Balaban J connectivity index is 2.12. The molecule has 1 unspecified atom stereocenters. The molecule has 0 spiro atoms. The summed E-state index contributed by atoms with van der Waals surface area (Å²) in [5, 5.41) is 0. The van der Waals surface area contributed by atoms with E-state index in [4.69, 9.17) is 10.5 Å². The molecule has 2 rings (SSSR count). The topological polar surface area (TPSA) is 55.6 Å². The first-order chi connectivity index (χ1) is 9.11. The van der Waals surface area contributed by atoms with Crippen LogP contribution >= 0.6 is 0 Å². The van der Waals surface area contributed by atoms with E-state index in [1.165, 1.54) is 11.1 Å². The van der Waals surface area contributed by atoms with Gasteiger partial charge in [-0.15, -0.1) is 0 Å². The minimum Gasteiger partial charge on any atom is -0.497 e. The molecule has 1 saturated heterocycles. The third-order valence-electron chi connectivity index (χ3n) is 3.87. The Labute approximate surface area is 114 Å². The van der Waals surface area contributed by atoms with Gasteiger partial charge in [0.2, 0.25) is 5.91 Å². The highest BCUT2D eigenvalue weighted by Crippen LogP contribution is 2.23. The summed E-state index contributed by atoms with van der Waals surface area (Å²) >= 11 is 0. The number of nitrogens with two attached hydrogens (primary N) is 1. The molecule has 4 nitrogen and oxygen atoms in total. The summed E-state index contributed by atoms with van der Waals surface area (Å²) in [6.45, 7) is 3.80. The molecule has 1 aromatic carbocycles. The van der Waals surface area contributed by atoms with Crippen LogP contribution < -0.4 is 10.5 Å². The fourth-order valence-corrected chi connectivity index (χ4v) is 2.69. The monoisotopic (exact) mass is 262 g/mol. The second-order valence-corrected chi connectivity index (χ2v) is 5.18. The molecule has 1 aliphatic heterocycles. The van der Waals surface area contributed by atoms with Crippen molar-refractivity contribution in [3.05, 3.63) is 29.3 Å². The number of primary amides is 1. The number of carbonyl (C=O) groups is 1. The molecule has 4 heteroatoms. The van der Waals surface area contributed by atoms with Crippen molar-refractivity contribution in [3.63, 3.8) is 0 Å². The van der Waals surface area contributed by atoms with Crippen LogP contribution in [0.2, 0.25) is 0 Å². The lowest BCUT2D eigenvalue weighted by Crippen LogP contribution is -2.47. The number of piperidine rings is 1. The van der Waals surface area contributed by atoms with Gasteiger partial charge in [0.15, 0.2) is 0 Å². The highest BCUT2D eigenvalue weighted by atomic mass is 16.5. The number of ether oxygens (including phenoxy) is 1. The average Bonchev–Trinajstić information content (AvgIpc) is 2.41. The van der Waals surface area contributed by atoms with Crippen LogP contribution in [0.1, 0.15) is 30.4 Å². The minimum absolute atomic E-state index is 0.116. The summed E-state index contributed by atoms with van der Waals surface area (Å²) in [5.74, 6) is 0.664. The Hall–Kier alpha value is -1.55. The van der Waals surface area contributed by atoms with Crippen molar-refractivity contribution in [1.82, 2.24) is 4.90 Å². The first-order valence-corrected chi connectivity index (χ1v) is 6.78. The normalized spacial score (nSPS) is 20.2. The van der Waals surface area contributed by atoms with Crippen molar-refractivity contribution in [2.75, 3.05) is 13.7 Å². The van der Waals surface area contributed by atoms with Gasteiger partial charge in [0, 0.05) is 6.54 Å². The number of methoxy groups -OCH3 is 1. The molecule has 19 heavy (non-hydrogen) atoms. The molecule has 2 N–H and O–H groups in total. The SMILES string of the molecule is COc1ccc(CN2CCCCC2C(N)=O)c(C)c1. The van der Waals surface area contributed by atoms with E-state index in [9.17, 15) is 4.79 Å². The Morgan fingerprint density at radius 1 is 1.47 bits per heavy atom. The molecule has 0 radical (unpaired) electrons. The molecule has 1 heterocycles. The lowest BCUT2D eigenvalue weighted by Gasteiger charge is -2.34. The van der Waals surface area contributed by atoms with Gasteiger partial charge in [0.05, 0.1) is 13.2 Å². The van der Waals surface area contributed by atoms with Crippen LogP contribution in [0.15, 0.2) is 18.2 Å². The van der Waals surface area contributed by atoms with E-state index in [2.05, 4.69) is 17.9 Å². The van der Waals surface area contributed by atoms with E-state index in [1.54, 1.807) is 7.11 Å². The number of carbonyl (C=O) groups excluding carboxylic acids is 1. The quantitative estimate of drug-likeness (QED) is 0.901. The van der Waals surface area contributed by atoms with Crippen LogP contribution in [-0.2, 0) is 11.3 Å². The van der Waals surface area contributed by atoms with E-state index < -0.39 is 0 Å². The Bertz CT molecular complexity index is 459. The molecular formula is C15H22N2O2. The molecule has 0 bridgehead atoms. The fourth-order valence-electron chi connectivity index (χ4n) is 2.69. The van der Waals surface area contributed by atoms with E-state index in [1.807, 2.05) is 12.1 Å². The lowest BCUT2D eigenvalue weighted by atomic mass is 9.99. The van der Waals surface area contributed by atoms with Crippen LogP contribution in [0.3, 0.4) is 0 Å². The maximum Gasteiger partial charge on any atom is 0.234 e. The van der Waals surface area contributed by atoms with Gasteiger partial charge in [0.1, 0.15) is 5.75 Å². The van der Waals surface area contributed by atoms with Crippen molar-refractivity contribution < 1.29 is 9.53 Å². The van der Waals surface area contributed by atoms with Crippen LogP contribution in [0.4, 0.5) is 0 Å². The standard InChI is InChI=1S/C15H22N2O2/c1-11-9-13(19-2)7-6-12(11)10-17-8-4-3-5-14(17)15(16)18/h6-7,9,14H,3-5,8,10H2,1-2H3,(H2,16,18). The molecule has 1 aliphatic rings. The second kappa shape index (κ2) is 6.06. The molecule has 1 aromatic rings. The fraction of sp³-hybridized carbons (Fsp3) is 0.533. The molecule has 0 aromatic heterocycles. The van der Waals surface area contributed by atoms with E-state index in [-0.39, 0.29) is 11.9 Å². The van der Waals surface area contributed by atoms with Crippen LogP contribution in [-0.4, -0.2) is 30.5 Å². The Morgan fingerprint density at radius 2 is 2.26 bits per heavy atom. The van der Waals surface area contributed by atoms with Crippen molar-refractivity contribution >= 4 is 5.91 Å². The molecular weight excluding hydrogens is 240 g/mol. The highest BCUT2D eigenvalue weighted by molar-refractivity contribution is 5.79. The Kier molecular flexibility index (Phi) is 4.43. The van der Waals surface area contributed by atoms with Gasteiger partial charge in [-0.1, -0.05) is 12.5 Å². The maximum atomic E-state index is 11.5. The zero-order valence-electron chi connectivity index (χ0n) is 11.7. The van der Waals surface area contributed by atoms with Crippen molar-refractivity contribution in [2.45, 2.75) is 38.8 Å². The molecule has 0 aliphatic carbocycles. The van der Waals surface area contributed by atoms with Gasteiger partial charge >= 0.3 is 0 Å². The average molecular weight is 262 g/mol. The first kappa shape index (κ1) is 13.9. The van der Waals surface area contributed by atoms with Crippen molar-refractivity contribution in [2.24, 2.45) is 5.73 Å². The lowest BCUT2D eigenvalue weighted by molar-refractivity contribution is -0.124. The zero-order chi connectivity index (χ0) is 13.8. The maximum absolute atomic E-state index is 11.5. The summed E-state index contributed by atoms with van der Waals surface area (Å²) in [5.41, 5.74) is 7.91. The van der Waals surface area contributed by atoms with E-state index in [0.29, 0.717) is 0 Å². The van der Waals surface area contributed by atoms with Crippen LogP contribution in [0, 0.1) is 6.92 Å². The van der Waals surface area contributed by atoms with Crippen molar-refractivity contribution in [3.8, 4) is 5.75 Å². The van der Waals surface area contributed by atoms with Crippen LogP contribution in [0.5, 0.6) is 5.75 Å². The Morgan fingerprint density at radius 3 is 2.89 bits per heavy atom. The second-order valence-electron chi connectivity index (χ2n) is 5.18. The third-order valence-corrected chi connectivity index (χ3v) is 3.87. The summed E-state index contributed by atoms with van der Waals surface area (Å²) in [6, 6.07) is 5.94. The smallest absolute Gasteiger partial charge is 0.234 e. The number of likely N-dealkylation sites (tertiary alicyclic amines) is 1. The van der Waals surface area contributed by atoms with Gasteiger partial charge in [0.25, 0.3) is 0 Å². The summed E-state index contributed by atoms with van der Waals surface area (Å²) in [4.78, 5) is 13.7. The zero-order valence-corrected chi connectivity index (χ0v) is 11.7. The number of rotatable bonds is 4. The largest absolute Gasteiger partial charge is 0.497 e. The molecule has 1 amide bonds. The summed E-state index contributed by atoms with van der Waals surface area (Å²) in [7, 11) is 1.67. The number of amides is 1. The molecule has 1 atom stereocenters. The minimum atomic E-state index is -0.203. The summed E-state index contributed by atoms with van der Waals surface area (Å²) in [6.07, 6.45) is 3.11.